The minimum absolute atomic E-state index is 0.211. The van der Waals surface area contributed by atoms with Crippen LogP contribution in [0.2, 0.25) is 0 Å². The molecule has 106 valence electrons. The predicted molar refractivity (Wildman–Crippen MR) is 82.5 cm³/mol. The predicted octanol–water partition coefficient (Wildman–Crippen LogP) is 3.52. The van der Waals surface area contributed by atoms with Crippen LogP contribution in [0.3, 0.4) is 0 Å². The molecular weight excluding hydrogens is 232 g/mol. The molecular formula is C17H28N2. The lowest BCUT2D eigenvalue weighted by molar-refractivity contribution is 0.0578. The van der Waals surface area contributed by atoms with E-state index in [1.807, 2.05) is 0 Å². The number of rotatable bonds is 3. The third-order valence-electron chi connectivity index (χ3n) is 4.47. The minimum atomic E-state index is 0.211. The molecule has 1 N–H and O–H groups in total. The van der Waals surface area contributed by atoms with E-state index in [2.05, 4.69) is 69.1 Å². The number of nitrogens with zero attached hydrogens (tertiary/aromatic N) is 1. The molecule has 2 unspecified atom stereocenters. The van der Waals surface area contributed by atoms with Crippen LogP contribution in [0.4, 0.5) is 0 Å². The highest BCUT2D eigenvalue weighted by atomic mass is 15.3. The summed E-state index contributed by atoms with van der Waals surface area (Å²) in [5, 5.41) is 3.67. The molecule has 2 atom stereocenters. The van der Waals surface area contributed by atoms with Gasteiger partial charge in [0, 0.05) is 30.7 Å². The zero-order chi connectivity index (χ0) is 14.0. The van der Waals surface area contributed by atoms with Gasteiger partial charge in [-0.15, -0.1) is 0 Å². The maximum atomic E-state index is 3.67. The van der Waals surface area contributed by atoms with Crippen molar-refractivity contribution in [3.63, 3.8) is 0 Å². The SMILES string of the molecule is CCC1CNC(C)(C)CN1C(C)c1ccccc1C. The van der Waals surface area contributed by atoms with E-state index >= 15 is 0 Å². The summed E-state index contributed by atoms with van der Waals surface area (Å²) in [6, 6.07) is 9.93. The van der Waals surface area contributed by atoms with Crippen LogP contribution >= 0.6 is 0 Å². The van der Waals surface area contributed by atoms with Gasteiger partial charge in [-0.3, -0.25) is 4.90 Å². The molecule has 1 aliphatic rings. The summed E-state index contributed by atoms with van der Waals surface area (Å²) in [4.78, 5) is 2.68. The Balaban J connectivity index is 2.24. The molecule has 1 saturated heterocycles. The first-order valence-corrected chi connectivity index (χ1v) is 7.51. The minimum Gasteiger partial charge on any atom is -0.309 e. The van der Waals surface area contributed by atoms with Crippen molar-refractivity contribution in [2.75, 3.05) is 13.1 Å². The van der Waals surface area contributed by atoms with Gasteiger partial charge in [-0.1, -0.05) is 31.2 Å². The molecule has 1 aromatic rings. The maximum absolute atomic E-state index is 3.67. The van der Waals surface area contributed by atoms with Crippen molar-refractivity contribution in [2.45, 2.75) is 58.7 Å². The van der Waals surface area contributed by atoms with E-state index in [1.165, 1.54) is 17.5 Å². The first-order chi connectivity index (χ1) is 8.94. The lowest BCUT2D eigenvalue weighted by atomic mass is 9.92. The van der Waals surface area contributed by atoms with Crippen LogP contribution in [0.5, 0.6) is 0 Å². The lowest BCUT2D eigenvalue weighted by Crippen LogP contribution is -2.61. The number of benzene rings is 1. The van der Waals surface area contributed by atoms with Crippen molar-refractivity contribution in [3.8, 4) is 0 Å². The topological polar surface area (TPSA) is 15.3 Å². The molecule has 1 heterocycles. The summed E-state index contributed by atoms with van der Waals surface area (Å²) < 4.78 is 0. The largest absolute Gasteiger partial charge is 0.309 e. The van der Waals surface area contributed by atoms with Crippen LogP contribution in [0, 0.1) is 6.92 Å². The molecule has 0 aromatic heterocycles. The Morgan fingerprint density at radius 3 is 2.68 bits per heavy atom. The van der Waals surface area contributed by atoms with Gasteiger partial charge >= 0.3 is 0 Å². The monoisotopic (exact) mass is 260 g/mol. The quantitative estimate of drug-likeness (QED) is 0.894. The van der Waals surface area contributed by atoms with Crippen LogP contribution in [0.15, 0.2) is 24.3 Å². The first-order valence-electron chi connectivity index (χ1n) is 7.51. The normalized spacial score (nSPS) is 25.2. The van der Waals surface area contributed by atoms with E-state index in [9.17, 15) is 0 Å². The fourth-order valence-electron chi connectivity index (χ4n) is 3.22. The Labute approximate surface area is 118 Å². The molecule has 2 nitrogen and oxygen atoms in total. The zero-order valence-electron chi connectivity index (χ0n) is 13.0. The lowest BCUT2D eigenvalue weighted by Gasteiger charge is -2.47. The summed E-state index contributed by atoms with van der Waals surface area (Å²) in [7, 11) is 0. The molecule has 0 saturated carbocycles. The standard InChI is InChI=1S/C17H28N2/c1-6-15-11-18-17(4,5)12-19(15)14(3)16-10-8-7-9-13(16)2/h7-10,14-15,18H,6,11-12H2,1-5H3. The number of piperazine rings is 1. The van der Waals surface area contributed by atoms with E-state index in [4.69, 9.17) is 0 Å². The Morgan fingerprint density at radius 2 is 2.05 bits per heavy atom. The molecule has 1 aliphatic heterocycles. The average molecular weight is 260 g/mol. The molecule has 19 heavy (non-hydrogen) atoms. The van der Waals surface area contributed by atoms with Gasteiger partial charge in [0.25, 0.3) is 0 Å². The summed E-state index contributed by atoms with van der Waals surface area (Å²) in [6.45, 7) is 13.7. The highest BCUT2D eigenvalue weighted by molar-refractivity contribution is 5.28. The van der Waals surface area contributed by atoms with Crippen molar-refractivity contribution in [1.29, 1.82) is 0 Å². The van der Waals surface area contributed by atoms with Crippen LogP contribution in [0.25, 0.3) is 0 Å². The molecule has 1 fully saturated rings. The van der Waals surface area contributed by atoms with E-state index < -0.39 is 0 Å². The van der Waals surface area contributed by atoms with Crippen LogP contribution in [-0.2, 0) is 0 Å². The third-order valence-corrected chi connectivity index (χ3v) is 4.47. The van der Waals surface area contributed by atoms with Crippen molar-refractivity contribution < 1.29 is 0 Å². The molecule has 2 rings (SSSR count). The number of hydrogen-bond acceptors (Lipinski definition) is 2. The highest BCUT2D eigenvalue weighted by Gasteiger charge is 2.34. The summed E-state index contributed by atoms with van der Waals surface area (Å²) >= 11 is 0. The van der Waals surface area contributed by atoms with Crippen LogP contribution in [-0.4, -0.2) is 29.6 Å². The van der Waals surface area contributed by atoms with E-state index in [-0.39, 0.29) is 5.54 Å². The third kappa shape index (κ3) is 3.18. The second-order valence-corrected chi connectivity index (χ2v) is 6.53. The number of hydrogen-bond donors (Lipinski definition) is 1. The Bertz CT molecular complexity index is 425. The van der Waals surface area contributed by atoms with Gasteiger partial charge in [0.1, 0.15) is 0 Å². The van der Waals surface area contributed by atoms with Crippen molar-refractivity contribution >= 4 is 0 Å². The summed E-state index contributed by atoms with van der Waals surface area (Å²) in [5.74, 6) is 0. The molecule has 2 heteroatoms. The van der Waals surface area contributed by atoms with Gasteiger partial charge in [0.15, 0.2) is 0 Å². The molecule has 0 aliphatic carbocycles. The number of aryl methyl sites for hydroxylation is 1. The number of nitrogens with one attached hydrogen (secondary N) is 1. The average Bonchev–Trinajstić information content (AvgIpc) is 2.37. The van der Waals surface area contributed by atoms with Crippen molar-refractivity contribution in [1.82, 2.24) is 10.2 Å². The van der Waals surface area contributed by atoms with Gasteiger partial charge in [-0.25, -0.2) is 0 Å². The Morgan fingerprint density at radius 1 is 1.37 bits per heavy atom. The first kappa shape index (κ1) is 14.5. The van der Waals surface area contributed by atoms with E-state index in [0.717, 1.165) is 13.1 Å². The summed E-state index contributed by atoms with van der Waals surface area (Å²) in [5.41, 5.74) is 3.09. The van der Waals surface area contributed by atoms with Gasteiger partial charge in [-0.05, 0) is 45.2 Å². The fourth-order valence-corrected chi connectivity index (χ4v) is 3.22. The molecule has 0 amide bonds. The molecule has 0 radical (unpaired) electrons. The van der Waals surface area contributed by atoms with E-state index in [1.54, 1.807) is 0 Å². The van der Waals surface area contributed by atoms with Crippen molar-refractivity contribution in [3.05, 3.63) is 35.4 Å². The molecule has 1 aromatic carbocycles. The van der Waals surface area contributed by atoms with Gasteiger partial charge in [0.2, 0.25) is 0 Å². The van der Waals surface area contributed by atoms with Crippen LogP contribution in [0.1, 0.15) is 51.3 Å². The molecule has 0 spiro atoms. The highest BCUT2D eigenvalue weighted by Crippen LogP contribution is 2.29. The van der Waals surface area contributed by atoms with Crippen molar-refractivity contribution in [2.24, 2.45) is 0 Å². The maximum Gasteiger partial charge on any atom is 0.0326 e. The van der Waals surface area contributed by atoms with Crippen LogP contribution < -0.4 is 5.32 Å². The Hall–Kier alpha value is -0.860. The fraction of sp³-hybridized carbons (Fsp3) is 0.647. The van der Waals surface area contributed by atoms with E-state index in [0.29, 0.717) is 12.1 Å². The Kier molecular flexibility index (Phi) is 4.32. The second-order valence-electron chi connectivity index (χ2n) is 6.53. The molecule has 0 bridgehead atoms. The zero-order valence-corrected chi connectivity index (χ0v) is 13.0. The summed E-state index contributed by atoms with van der Waals surface area (Å²) in [6.07, 6.45) is 1.21. The van der Waals surface area contributed by atoms with Gasteiger partial charge in [0.05, 0.1) is 0 Å². The van der Waals surface area contributed by atoms with Gasteiger partial charge in [-0.2, -0.15) is 0 Å². The van der Waals surface area contributed by atoms with Gasteiger partial charge < -0.3 is 5.32 Å². The smallest absolute Gasteiger partial charge is 0.0326 e. The second kappa shape index (κ2) is 5.64.